The predicted octanol–water partition coefficient (Wildman–Crippen LogP) is 2.95. The summed E-state index contributed by atoms with van der Waals surface area (Å²) in [6, 6.07) is 0. The average molecular weight is 158 g/mol. The van der Waals surface area contributed by atoms with Crippen LogP contribution in [0.15, 0.2) is 16.8 Å². The van der Waals surface area contributed by atoms with Crippen LogP contribution >= 0.6 is 0 Å². The molecule has 0 bridgehead atoms. The minimum absolute atomic E-state index is 1.20. The first kappa shape index (κ1) is 16.7. The van der Waals surface area contributed by atoms with Crippen molar-refractivity contribution in [3.05, 3.63) is 11.6 Å². The zero-order valence-electron chi connectivity index (χ0n) is 8.68. The zero-order valence-corrected chi connectivity index (χ0v) is 8.68. The summed E-state index contributed by atoms with van der Waals surface area (Å²) in [5, 5.41) is 3.27. The predicted molar refractivity (Wildman–Crippen MR) is 54.8 cm³/mol. The van der Waals surface area contributed by atoms with Gasteiger partial charge in [0.1, 0.15) is 0 Å². The van der Waals surface area contributed by atoms with Crippen molar-refractivity contribution < 1.29 is 0 Å². The number of hydrogen-bond donors (Lipinski definition) is 1. The summed E-state index contributed by atoms with van der Waals surface area (Å²) in [6.07, 6.45) is 3.41. The minimum Gasteiger partial charge on any atom is -0.323 e. The number of nitrogens with two attached hydrogens (primary N) is 1. The Morgan fingerprint density at radius 1 is 1.09 bits per heavy atom. The fraction of sp³-hybridized carbons (Fsp3) is 0.667. The Labute approximate surface area is 71.2 Å². The van der Waals surface area contributed by atoms with Crippen molar-refractivity contribution >= 4 is 6.21 Å². The van der Waals surface area contributed by atoms with Gasteiger partial charge in [-0.1, -0.05) is 33.3 Å². The molecule has 0 aliphatic carbocycles. The molecule has 0 saturated heterocycles. The lowest BCUT2D eigenvalue weighted by atomic mass is 10.3. The van der Waals surface area contributed by atoms with Crippen LogP contribution in [0.5, 0.6) is 0 Å². The molecule has 0 spiro atoms. The van der Waals surface area contributed by atoms with Crippen molar-refractivity contribution in [1.82, 2.24) is 0 Å². The van der Waals surface area contributed by atoms with Gasteiger partial charge in [-0.25, -0.2) is 0 Å². The van der Waals surface area contributed by atoms with Gasteiger partial charge in [0.25, 0.3) is 0 Å². The molecule has 0 heterocycles. The molecule has 0 unspecified atom stereocenters. The van der Waals surface area contributed by atoms with E-state index in [-0.39, 0.29) is 0 Å². The van der Waals surface area contributed by atoms with Crippen molar-refractivity contribution in [2.24, 2.45) is 10.9 Å². The standard InChI is InChI=1S/C5H10N2.2C2H6/c1-5(2)3-4-7-6;2*1-2/h3-4H,6H2,1-2H3;2*1-2H3/b7-4-;;. The summed E-state index contributed by atoms with van der Waals surface area (Å²) < 4.78 is 0. The molecule has 0 rings (SSSR count). The third-order valence-corrected chi connectivity index (χ3v) is 0.494. The van der Waals surface area contributed by atoms with Gasteiger partial charge < -0.3 is 5.84 Å². The first-order valence-corrected chi connectivity index (χ1v) is 4.14. The largest absolute Gasteiger partial charge is 0.323 e. The number of nitrogens with zero attached hydrogens (tertiary/aromatic N) is 1. The average Bonchev–Trinajstić information content (AvgIpc) is 2.08. The molecule has 2 N–H and O–H groups in total. The van der Waals surface area contributed by atoms with Crippen LogP contribution in [0.25, 0.3) is 0 Å². The van der Waals surface area contributed by atoms with Crippen molar-refractivity contribution in [1.29, 1.82) is 0 Å². The van der Waals surface area contributed by atoms with Crippen molar-refractivity contribution in [2.75, 3.05) is 0 Å². The van der Waals surface area contributed by atoms with Crippen LogP contribution in [0.2, 0.25) is 0 Å². The van der Waals surface area contributed by atoms with Crippen LogP contribution in [-0.2, 0) is 0 Å². The number of allylic oxidation sites excluding steroid dienone is 2. The van der Waals surface area contributed by atoms with Gasteiger partial charge in [-0.15, -0.1) is 0 Å². The summed E-state index contributed by atoms with van der Waals surface area (Å²) in [5.74, 6) is 4.80. The molecular weight excluding hydrogens is 136 g/mol. The van der Waals surface area contributed by atoms with E-state index in [0.717, 1.165) is 0 Å². The van der Waals surface area contributed by atoms with Gasteiger partial charge in [-0.3, -0.25) is 0 Å². The van der Waals surface area contributed by atoms with Gasteiger partial charge in [0, 0.05) is 6.21 Å². The normalized spacial score (nSPS) is 7.09. The number of hydrogen-bond acceptors (Lipinski definition) is 2. The molecule has 0 saturated carbocycles. The molecule has 0 aromatic heterocycles. The Morgan fingerprint density at radius 3 is 1.55 bits per heavy atom. The van der Waals surface area contributed by atoms with E-state index >= 15 is 0 Å². The maximum absolute atomic E-state index is 4.80. The fourth-order valence-corrected chi connectivity index (χ4v) is 0.192. The minimum atomic E-state index is 1.20. The summed E-state index contributed by atoms with van der Waals surface area (Å²) in [4.78, 5) is 0. The molecule has 68 valence electrons. The summed E-state index contributed by atoms with van der Waals surface area (Å²) in [7, 11) is 0. The van der Waals surface area contributed by atoms with Gasteiger partial charge in [-0.05, 0) is 19.9 Å². The molecule has 0 aliphatic heterocycles. The van der Waals surface area contributed by atoms with Crippen LogP contribution in [0.3, 0.4) is 0 Å². The Morgan fingerprint density at radius 2 is 1.45 bits per heavy atom. The van der Waals surface area contributed by atoms with Gasteiger partial charge in [0.15, 0.2) is 0 Å². The summed E-state index contributed by atoms with van der Waals surface area (Å²) in [6.45, 7) is 12.0. The quantitative estimate of drug-likeness (QED) is 0.355. The van der Waals surface area contributed by atoms with Crippen molar-refractivity contribution in [3.63, 3.8) is 0 Å². The van der Waals surface area contributed by atoms with Crippen molar-refractivity contribution in [3.8, 4) is 0 Å². The van der Waals surface area contributed by atoms with E-state index in [1.165, 1.54) is 5.57 Å². The Hall–Kier alpha value is -0.790. The SMILES string of the molecule is CC.CC.CC(C)=C/C=N\N. The molecule has 2 heteroatoms. The smallest absolute Gasteiger partial charge is 0.0464 e. The summed E-state index contributed by atoms with van der Waals surface area (Å²) >= 11 is 0. The van der Waals surface area contributed by atoms with E-state index in [2.05, 4.69) is 5.10 Å². The number of hydrazone groups is 1. The molecule has 0 aromatic rings. The van der Waals surface area contributed by atoms with Gasteiger partial charge in [0.2, 0.25) is 0 Å². The first-order valence-electron chi connectivity index (χ1n) is 4.14. The second-order valence-electron chi connectivity index (χ2n) is 1.54. The van der Waals surface area contributed by atoms with Gasteiger partial charge in [0.05, 0.1) is 0 Å². The molecule has 0 amide bonds. The molecule has 0 aromatic carbocycles. The highest BCUT2D eigenvalue weighted by molar-refractivity contribution is 5.71. The lowest BCUT2D eigenvalue weighted by Crippen LogP contribution is -1.78. The second-order valence-corrected chi connectivity index (χ2v) is 1.54. The third-order valence-electron chi connectivity index (χ3n) is 0.494. The fourth-order valence-electron chi connectivity index (χ4n) is 0.192. The Bertz CT molecular complexity index is 89.7. The Kier molecular flexibility index (Phi) is 34.6. The molecule has 0 atom stereocenters. The Balaban J connectivity index is -0.000000138. The van der Waals surface area contributed by atoms with Crippen LogP contribution < -0.4 is 5.84 Å². The van der Waals surface area contributed by atoms with E-state index in [9.17, 15) is 0 Å². The van der Waals surface area contributed by atoms with E-state index in [1.807, 2.05) is 47.6 Å². The van der Waals surface area contributed by atoms with Crippen LogP contribution in [-0.4, -0.2) is 6.21 Å². The maximum atomic E-state index is 4.80. The van der Waals surface area contributed by atoms with Crippen molar-refractivity contribution in [2.45, 2.75) is 41.5 Å². The highest BCUT2D eigenvalue weighted by atomic mass is 15.1. The molecule has 0 fully saturated rings. The summed E-state index contributed by atoms with van der Waals surface area (Å²) in [5.41, 5.74) is 1.20. The molecule has 0 aliphatic rings. The van der Waals surface area contributed by atoms with Crippen LogP contribution in [0, 0.1) is 0 Å². The number of rotatable bonds is 1. The van der Waals surface area contributed by atoms with Gasteiger partial charge >= 0.3 is 0 Å². The van der Waals surface area contributed by atoms with E-state index in [1.54, 1.807) is 6.21 Å². The second kappa shape index (κ2) is 22.9. The van der Waals surface area contributed by atoms with E-state index in [0.29, 0.717) is 0 Å². The molecular formula is C9H22N2. The van der Waals surface area contributed by atoms with Crippen LogP contribution in [0.1, 0.15) is 41.5 Å². The van der Waals surface area contributed by atoms with Gasteiger partial charge in [-0.2, -0.15) is 5.10 Å². The topological polar surface area (TPSA) is 38.4 Å². The zero-order chi connectivity index (χ0) is 9.70. The molecule has 0 radical (unpaired) electrons. The van der Waals surface area contributed by atoms with E-state index in [4.69, 9.17) is 5.84 Å². The van der Waals surface area contributed by atoms with E-state index < -0.39 is 0 Å². The third kappa shape index (κ3) is 46.5. The molecule has 2 nitrogen and oxygen atoms in total. The highest BCUT2D eigenvalue weighted by Gasteiger charge is 1.66. The lowest BCUT2D eigenvalue weighted by molar-refractivity contribution is 1.26. The lowest BCUT2D eigenvalue weighted by Gasteiger charge is -1.77. The molecule has 11 heavy (non-hydrogen) atoms. The first-order chi connectivity index (χ1) is 5.27. The highest BCUT2D eigenvalue weighted by Crippen LogP contribution is 1.82. The van der Waals surface area contributed by atoms with Crippen LogP contribution in [0.4, 0.5) is 0 Å². The maximum Gasteiger partial charge on any atom is 0.0464 e. The monoisotopic (exact) mass is 158 g/mol.